The number of aromatic nitrogens is 1. The Kier molecular flexibility index (Phi) is 5.21. The minimum atomic E-state index is -0.881. The Labute approximate surface area is 215 Å². The summed E-state index contributed by atoms with van der Waals surface area (Å²) in [5.41, 5.74) is 6.71. The summed E-state index contributed by atoms with van der Waals surface area (Å²) in [7, 11) is 1.73. The Morgan fingerprint density at radius 2 is 1.92 bits per heavy atom. The summed E-state index contributed by atoms with van der Waals surface area (Å²) in [5.74, 6) is 0.901. The lowest BCUT2D eigenvalue weighted by Gasteiger charge is -2.37. The van der Waals surface area contributed by atoms with Crippen LogP contribution in [0.5, 0.6) is 5.75 Å². The minimum Gasteiger partial charge on any atom is -0.497 e. The Balaban J connectivity index is 1.47. The molecule has 7 rings (SSSR count). The predicted molar refractivity (Wildman–Crippen MR) is 142 cm³/mol. The monoisotopic (exact) mass is 504 g/mol. The van der Waals surface area contributed by atoms with Gasteiger partial charge in [-0.25, -0.2) is 9.10 Å². The number of hydrogen-bond acceptors (Lipinski definition) is 5. The van der Waals surface area contributed by atoms with Crippen LogP contribution in [0.3, 0.4) is 0 Å². The van der Waals surface area contributed by atoms with Crippen molar-refractivity contribution in [3.8, 4) is 17.0 Å². The van der Waals surface area contributed by atoms with Crippen molar-refractivity contribution in [1.29, 1.82) is 0 Å². The van der Waals surface area contributed by atoms with Crippen LogP contribution >= 0.6 is 11.9 Å². The maximum absolute atomic E-state index is 12.0. The standard InChI is InChI=1S/C29H32N2O4S/c1-35-20-8-10-21-23(12-20)24-13-29(24,36-30-14-19(32)15-30)16-31-25-11-18(28(33)34)7-9-22(25)26(27(21)31)17-5-3-2-4-6-17/h7-12,17,19,24,32H,2-6,13-16H2,1H3,(H,33,34). The topological polar surface area (TPSA) is 74.9 Å². The molecule has 2 aliphatic heterocycles. The summed E-state index contributed by atoms with van der Waals surface area (Å²) >= 11 is 1.90. The number of rotatable bonds is 5. The Hall–Kier alpha value is -2.48. The van der Waals surface area contributed by atoms with Crippen molar-refractivity contribution in [2.45, 2.75) is 67.8 Å². The summed E-state index contributed by atoms with van der Waals surface area (Å²) in [6.45, 7) is 2.26. The maximum atomic E-state index is 12.0. The van der Waals surface area contributed by atoms with Crippen molar-refractivity contribution in [1.82, 2.24) is 8.87 Å². The number of aliphatic hydroxyl groups is 1. The first-order chi connectivity index (χ1) is 17.5. The molecule has 0 radical (unpaired) electrons. The fraction of sp³-hybridized carbons (Fsp3) is 0.483. The smallest absolute Gasteiger partial charge is 0.335 e. The van der Waals surface area contributed by atoms with Crippen LogP contribution in [-0.2, 0) is 6.54 Å². The minimum absolute atomic E-state index is 0.00151. The van der Waals surface area contributed by atoms with Crippen molar-refractivity contribution in [2.75, 3.05) is 20.2 Å². The van der Waals surface area contributed by atoms with E-state index in [9.17, 15) is 15.0 Å². The van der Waals surface area contributed by atoms with E-state index in [0.717, 1.165) is 24.2 Å². The SMILES string of the molecule is COc1ccc2c(c1)C1CC1(SN1CC(O)C1)Cn1c-2c(C2CCCCC2)c2ccc(C(=O)O)cc21. The quantitative estimate of drug-likeness (QED) is 0.439. The molecule has 3 fully saturated rings. The number of fused-ring (bicyclic) bond motifs is 7. The summed E-state index contributed by atoms with van der Waals surface area (Å²) in [6.07, 6.45) is 7.01. The molecule has 4 aliphatic rings. The van der Waals surface area contributed by atoms with E-state index >= 15 is 0 Å². The molecule has 2 atom stereocenters. The number of nitrogens with zero attached hydrogens (tertiary/aromatic N) is 2. The zero-order valence-electron chi connectivity index (χ0n) is 20.6. The number of aliphatic hydroxyl groups excluding tert-OH is 1. The Bertz CT molecular complexity index is 1370. The van der Waals surface area contributed by atoms with Gasteiger partial charge in [-0.2, -0.15) is 0 Å². The van der Waals surface area contributed by atoms with Crippen LogP contribution in [0.15, 0.2) is 36.4 Å². The van der Waals surface area contributed by atoms with E-state index in [1.165, 1.54) is 59.9 Å². The molecule has 2 aromatic carbocycles. The molecule has 2 unspecified atom stereocenters. The maximum Gasteiger partial charge on any atom is 0.335 e. The largest absolute Gasteiger partial charge is 0.497 e. The van der Waals surface area contributed by atoms with E-state index in [-0.39, 0.29) is 10.9 Å². The molecule has 7 heteroatoms. The fourth-order valence-corrected chi connectivity index (χ4v) is 8.63. The van der Waals surface area contributed by atoms with Crippen molar-refractivity contribution in [3.63, 3.8) is 0 Å². The molecule has 1 aromatic heterocycles. The third-order valence-corrected chi connectivity index (χ3v) is 10.3. The van der Waals surface area contributed by atoms with Gasteiger partial charge in [-0.1, -0.05) is 37.3 Å². The van der Waals surface area contributed by atoms with Crippen molar-refractivity contribution in [2.24, 2.45) is 0 Å². The highest BCUT2D eigenvalue weighted by molar-refractivity contribution is 7.98. The van der Waals surface area contributed by atoms with Gasteiger partial charge in [-0.05, 0) is 66.6 Å². The van der Waals surface area contributed by atoms with E-state index in [2.05, 4.69) is 33.1 Å². The highest BCUT2D eigenvalue weighted by atomic mass is 32.2. The van der Waals surface area contributed by atoms with Crippen LogP contribution in [0, 0.1) is 0 Å². The number of benzene rings is 2. The summed E-state index contributed by atoms with van der Waals surface area (Å²) in [4.78, 5) is 12.0. The van der Waals surface area contributed by atoms with Gasteiger partial charge in [0.2, 0.25) is 0 Å². The molecule has 1 saturated heterocycles. The molecule has 0 amide bonds. The summed E-state index contributed by atoms with van der Waals surface area (Å²) in [6, 6.07) is 12.3. The number of β-amino-alcohol motifs (C(OH)–C–C–N with tert-alkyl or cyclic N) is 1. The molecule has 2 aliphatic carbocycles. The number of carboxylic acid groups (broad SMARTS) is 1. The molecule has 2 N–H and O–H groups in total. The molecule has 3 heterocycles. The van der Waals surface area contributed by atoms with Gasteiger partial charge in [0.15, 0.2) is 0 Å². The lowest BCUT2D eigenvalue weighted by Crippen LogP contribution is -2.47. The predicted octanol–water partition coefficient (Wildman–Crippen LogP) is 5.63. The highest BCUT2D eigenvalue weighted by Gasteiger charge is 2.60. The lowest BCUT2D eigenvalue weighted by molar-refractivity contribution is 0.0610. The number of aromatic carboxylic acids is 1. The number of methoxy groups -OCH3 is 1. The first-order valence-electron chi connectivity index (χ1n) is 13.2. The van der Waals surface area contributed by atoms with Crippen LogP contribution in [-0.4, -0.2) is 56.1 Å². The molecule has 188 valence electrons. The van der Waals surface area contributed by atoms with Gasteiger partial charge in [0.1, 0.15) is 5.75 Å². The van der Waals surface area contributed by atoms with Crippen LogP contribution in [0.4, 0.5) is 0 Å². The number of carboxylic acids is 1. The van der Waals surface area contributed by atoms with Gasteiger partial charge in [0, 0.05) is 42.0 Å². The highest BCUT2D eigenvalue weighted by Crippen LogP contribution is 2.66. The second-order valence-electron chi connectivity index (χ2n) is 11.1. The van der Waals surface area contributed by atoms with Crippen molar-refractivity contribution in [3.05, 3.63) is 53.1 Å². The third-order valence-electron chi connectivity index (χ3n) is 8.84. The number of carbonyl (C=O) groups is 1. The van der Waals surface area contributed by atoms with Crippen LogP contribution in [0.1, 0.15) is 71.8 Å². The van der Waals surface area contributed by atoms with E-state index in [0.29, 0.717) is 30.5 Å². The van der Waals surface area contributed by atoms with Gasteiger partial charge in [-0.3, -0.25) is 0 Å². The first-order valence-corrected chi connectivity index (χ1v) is 13.9. The molecule has 0 spiro atoms. The number of hydrogen-bond donors (Lipinski definition) is 2. The van der Waals surface area contributed by atoms with Crippen LogP contribution in [0.2, 0.25) is 0 Å². The second-order valence-corrected chi connectivity index (χ2v) is 12.6. The summed E-state index contributed by atoms with van der Waals surface area (Å²) in [5, 5.41) is 20.9. The lowest BCUT2D eigenvalue weighted by atomic mass is 9.81. The van der Waals surface area contributed by atoms with E-state index in [1.807, 2.05) is 18.0 Å². The number of ether oxygens (including phenoxy) is 1. The molecular weight excluding hydrogens is 472 g/mol. The van der Waals surface area contributed by atoms with Crippen LogP contribution in [0.25, 0.3) is 22.2 Å². The van der Waals surface area contributed by atoms with Crippen molar-refractivity contribution < 1.29 is 19.7 Å². The van der Waals surface area contributed by atoms with E-state index in [1.54, 1.807) is 13.2 Å². The summed E-state index contributed by atoms with van der Waals surface area (Å²) < 4.78 is 10.4. The third kappa shape index (κ3) is 3.43. The Morgan fingerprint density at radius 1 is 1.11 bits per heavy atom. The van der Waals surface area contributed by atoms with Gasteiger partial charge in [0.05, 0.1) is 29.2 Å². The van der Waals surface area contributed by atoms with Gasteiger partial charge in [-0.15, -0.1) is 0 Å². The normalized spacial score (nSPS) is 26.0. The molecule has 0 bridgehead atoms. The second kappa shape index (κ2) is 8.27. The molecule has 6 nitrogen and oxygen atoms in total. The van der Waals surface area contributed by atoms with Crippen LogP contribution < -0.4 is 4.74 Å². The average Bonchev–Trinajstić information content (AvgIpc) is 3.51. The van der Waals surface area contributed by atoms with Crippen molar-refractivity contribution >= 4 is 28.8 Å². The molecular formula is C29H32N2O4S. The Morgan fingerprint density at radius 3 is 2.64 bits per heavy atom. The fourth-order valence-electron chi connectivity index (χ4n) is 6.94. The van der Waals surface area contributed by atoms with E-state index < -0.39 is 5.97 Å². The van der Waals surface area contributed by atoms with Gasteiger partial charge in [0.25, 0.3) is 0 Å². The molecule has 36 heavy (non-hydrogen) atoms. The molecule has 2 saturated carbocycles. The zero-order chi connectivity index (χ0) is 24.6. The first kappa shape index (κ1) is 22.7. The van der Waals surface area contributed by atoms with Gasteiger partial charge >= 0.3 is 5.97 Å². The molecule has 3 aromatic rings. The zero-order valence-corrected chi connectivity index (χ0v) is 21.4. The average molecular weight is 505 g/mol. The van der Waals surface area contributed by atoms with Gasteiger partial charge < -0.3 is 19.5 Å². The van der Waals surface area contributed by atoms with E-state index in [4.69, 9.17) is 4.74 Å².